The van der Waals surface area contributed by atoms with Gasteiger partial charge in [-0.2, -0.15) is 0 Å². The molecule has 13 heavy (non-hydrogen) atoms. The third-order valence-corrected chi connectivity index (χ3v) is 2.23. The highest BCUT2D eigenvalue weighted by atomic mass is 16.3. The second-order valence-corrected chi connectivity index (χ2v) is 5.15. The minimum absolute atomic E-state index is 0.278. The summed E-state index contributed by atoms with van der Waals surface area (Å²) in [5.74, 6) is 0. The van der Waals surface area contributed by atoms with Gasteiger partial charge in [0.15, 0.2) is 0 Å². The first kappa shape index (κ1) is 12.7. The van der Waals surface area contributed by atoms with Gasteiger partial charge in [0, 0.05) is 0 Å². The maximum absolute atomic E-state index is 9.53. The van der Waals surface area contributed by atoms with Gasteiger partial charge in [-0.1, -0.05) is 26.0 Å². The van der Waals surface area contributed by atoms with Crippen LogP contribution in [0.1, 0.15) is 53.9 Å². The standard InChI is InChI=1S/C12H24O/c1-6-8-11(2,3)9-7-10-12(4,5)13/h6,8,13H,7,9-10H2,1-5H3/b8-6-. The second-order valence-electron chi connectivity index (χ2n) is 5.15. The zero-order valence-electron chi connectivity index (χ0n) is 9.72. The summed E-state index contributed by atoms with van der Waals surface area (Å²) >= 11 is 0. The van der Waals surface area contributed by atoms with Crippen molar-refractivity contribution in [3.05, 3.63) is 12.2 Å². The number of rotatable bonds is 5. The molecule has 0 heterocycles. The number of hydrogen-bond acceptors (Lipinski definition) is 1. The molecule has 1 heteroatoms. The van der Waals surface area contributed by atoms with Crippen LogP contribution in [0.4, 0.5) is 0 Å². The lowest BCUT2D eigenvalue weighted by atomic mass is 9.85. The zero-order valence-corrected chi connectivity index (χ0v) is 9.72. The molecule has 1 nitrogen and oxygen atoms in total. The van der Waals surface area contributed by atoms with Gasteiger partial charge < -0.3 is 5.11 Å². The van der Waals surface area contributed by atoms with E-state index in [1.165, 1.54) is 0 Å². The van der Waals surface area contributed by atoms with Crippen LogP contribution >= 0.6 is 0 Å². The Hall–Kier alpha value is -0.300. The Morgan fingerprint density at radius 1 is 1.08 bits per heavy atom. The summed E-state index contributed by atoms with van der Waals surface area (Å²) < 4.78 is 0. The van der Waals surface area contributed by atoms with E-state index in [-0.39, 0.29) is 5.41 Å². The average Bonchev–Trinajstić information content (AvgIpc) is 1.82. The molecule has 0 aromatic rings. The summed E-state index contributed by atoms with van der Waals surface area (Å²) in [6.07, 6.45) is 7.44. The molecule has 0 aliphatic carbocycles. The zero-order chi connectivity index (χ0) is 10.5. The summed E-state index contributed by atoms with van der Waals surface area (Å²) in [5.41, 5.74) is -0.230. The monoisotopic (exact) mass is 184 g/mol. The van der Waals surface area contributed by atoms with E-state index >= 15 is 0 Å². The molecule has 0 spiro atoms. The fourth-order valence-electron chi connectivity index (χ4n) is 1.51. The lowest BCUT2D eigenvalue weighted by molar-refractivity contribution is 0.0660. The predicted molar refractivity (Wildman–Crippen MR) is 58.7 cm³/mol. The normalized spacial score (nSPS) is 14.0. The van der Waals surface area contributed by atoms with Gasteiger partial charge in [0.2, 0.25) is 0 Å². The molecule has 0 aromatic heterocycles. The van der Waals surface area contributed by atoms with Crippen molar-refractivity contribution in [1.29, 1.82) is 0 Å². The van der Waals surface area contributed by atoms with Crippen LogP contribution in [0.5, 0.6) is 0 Å². The van der Waals surface area contributed by atoms with Crippen molar-refractivity contribution in [2.24, 2.45) is 5.41 Å². The summed E-state index contributed by atoms with van der Waals surface area (Å²) in [7, 11) is 0. The van der Waals surface area contributed by atoms with Crippen LogP contribution in [0.3, 0.4) is 0 Å². The molecule has 0 aliphatic rings. The predicted octanol–water partition coefficient (Wildman–Crippen LogP) is 3.53. The van der Waals surface area contributed by atoms with E-state index < -0.39 is 5.60 Å². The molecule has 0 fully saturated rings. The van der Waals surface area contributed by atoms with E-state index in [9.17, 15) is 5.11 Å². The Balaban J connectivity index is 3.76. The van der Waals surface area contributed by atoms with Gasteiger partial charge in [0.05, 0.1) is 5.60 Å². The smallest absolute Gasteiger partial charge is 0.0591 e. The highest BCUT2D eigenvalue weighted by Crippen LogP contribution is 2.26. The van der Waals surface area contributed by atoms with Gasteiger partial charge in [-0.15, -0.1) is 0 Å². The Morgan fingerprint density at radius 3 is 2.00 bits per heavy atom. The van der Waals surface area contributed by atoms with E-state index in [0.29, 0.717) is 0 Å². The van der Waals surface area contributed by atoms with Crippen LogP contribution in [0.2, 0.25) is 0 Å². The lowest BCUT2D eigenvalue weighted by Gasteiger charge is -2.23. The van der Waals surface area contributed by atoms with Crippen LogP contribution < -0.4 is 0 Å². The van der Waals surface area contributed by atoms with E-state index in [0.717, 1.165) is 19.3 Å². The molecule has 0 amide bonds. The molecular weight excluding hydrogens is 160 g/mol. The molecule has 0 aromatic carbocycles. The third kappa shape index (κ3) is 8.04. The Labute approximate surface area is 82.9 Å². The Morgan fingerprint density at radius 2 is 1.62 bits per heavy atom. The summed E-state index contributed by atoms with van der Waals surface area (Å²) in [5, 5.41) is 9.53. The topological polar surface area (TPSA) is 20.2 Å². The largest absolute Gasteiger partial charge is 0.390 e. The van der Waals surface area contributed by atoms with Crippen LogP contribution in [-0.2, 0) is 0 Å². The van der Waals surface area contributed by atoms with Crippen molar-refractivity contribution >= 4 is 0 Å². The maximum Gasteiger partial charge on any atom is 0.0591 e. The molecular formula is C12H24O. The molecule has 0 saturated heterocycles. The average molecular weight is 184 g/mol. The number of hydrogen-bond donors (Lipinski definition) is 1. The molecule has 0 bridgehead atoms. The first-order chi connectivity index (χ1) is 5.77. The first-order valence-corrected chi connectivity index (χ1v) is 5.13. The maximum atomic E-state index is 9.53. The van der Waals surface area contributed by atoms with Crippen molar-refractivity contribution in [1.82, 2.24) is 0 Å². The molecule has 0 aliphatic heterocycles. The highest BCUT2D eigenvalue weighted by Gasteiger charge is 2.16. The van der Waals surface area contributed by atoms with Crippen molar-refractivity contribution in [3.63, 3.8) is 0 Å². The molecule has 78 valence electrons. The first-order valence-electron chi connectivity index (χ1n) is 5.13. The fourth-order valence-corrected chi connectivity index (χ4v) is 1.51. The van der Waals surface area contributed by atoms with Crippen LogP contribution in [0.25, 0.3) is 0 Å². The van der Waals surface area contributed by atoms with E-state index in [1.54, 1.807) is 0 Å². The van der Waals surface area contributed by atoms with Crippen molar-refractivity contribution in [2.45, 2.75) is 59.5 Å². The van der Waals surface area contributed by atoms with Crippen LogP contribution in [0, 0.1) is 5.41 Å². The SMILES string of the molecule is C/C=C\C(C)(C)CCCC(C)(C)O. The summed E-state index contributed by atoms with van der Waals surface area (Å²) in [6.45, 7) is 10.3. The van der Waals surface area contributed by atoms with Crippen molar-refractivity contribution in [3.8, 4) is 0 Å². The van der Waals surface area contributed by atoms with Gasteiger partial charge in [0.25, 0.3) is 0 Å². The third-order valence-electron chi connectivity index (χ3n) is 2.23. The molecule has 0 radical (unpaired) electrons. The van der Waals surface area contributed by atoms with Crippen LogP contribution in [-0.4, -0.2) is 10.7 Å². The minimum Gasteiger partial charge on any atom is -0.390 e. The quantitative estimate of drug-likeness (QED) is 0.648. The van der Waals surface area contributed by atoms with Crippen LogP contribution in [0.15, 0.2) is 12.2 Å². The molecule has 0 atom stereocenters. The fraction of sp³-hybridized carbons (Fsp3) is 0.833. The van der Waals surface area contributed by atoms with Crippen molar-refractivity contribution in [2.75, 3.05) is 0 Å². The summed E-state index contributed by atoms with van der Waals surface area (Å²) in [6, 6.07) is 0. The Bertz CT molecular complexity index is 160. The van der Waals surface area contributed by atoms with Gasteiger partial charge in [0.1, 0.15) is 0 Å². The van der Waals surface area contributed by atoms with E-state index in [2.05, 4.69) is 32.9 Å². The molecule has 1 N–H and O–H groups in total. The van der Waals surface area contributed by atoms with Gasteiger partial charge in [-0.05, 0) is 45.4 Å². The minimum atomic E-state index is -0.508. The Kier molecular flexibility index (Phi) is 4.69. The van der Waals surface area contributed by atoms with Gasteiger partial charge in [-0.25, -0.2) is 0 Å². The lowest BCUT2D eigenvalue weighted by Crippen LogP contribution is -2.19. The van der Waals surface area contributed by atoms with Gasteiger partial charge in [-0.3, -0.25) is 0 Å². The van der Waals surface area contributed by atoms with Gasteiger partial charge >= 0.3 is 0 Å². The summed E-state index contributed by atoms with van der Waals surface area (Å²) in [4.78, 5) is 0. The van der Waals surface area contributed by atoms with Crippen molar-refractivity contribution < 1.29 is 5.11 Å². The molecule has 0 rings (SSSR count). The second kappa shape index (κ2) is 4.80. The van der Waals surface area contributed by atoms with E-state index in [4.69, 9.17) is 0 Å². The molecule has 0 saturated carbocycles. The van der Waals surface area contributed by atoms with E-state index in [1.807, 2.05) is 13.8 Å². The number of aliphatic hydroxyl groups is 1. The molecule has 0 unspecified atom stereocenters. The highest BCUT2D eigenvalue weighted by molar-refractivity contribution is 4.92. The number of allylic oxidation sites excluding steroid dienone is 2.